The Morgan fingerprint density at radius 3 is 2.28 bits per heavy atom. The van der Waals surface area contributed by atoms with Crippen molar-refractivity contribution in [3.63, 3.8) is 0 Å². The molecule has 2 aliphatic heterocycles. The largest absolute Gasteiger partial charge is 0.339 e. The normalized spacial score (nSPS) is 21.7. The number of nitrogens with one attached hydrogen (secondary N) is 1. The van der Waals surface area contributed by atoms with Gasteiger partial charge in [-0.15, -0.1) is 0 Å². The number of likely N-dealkylation sites (tertiary alicyclic amines) is 1. The molecule has 0 radical (unpaired) electrons. The van der Waals surface area contributed by atoms with Crippen LogP contribution in [0, 0.1) is 6.92 Å². The number of carbonyl (C=O) groups is 1. The Labute approximate surface area is 108 Å². The van der Waals surface area contributed by atoms with E-state index in [0.29, 0.717) is 5.54 Å². The van der Waals surface area contributed by atoms with Gasteiger partial charge in [0.2, 0.25) is 0 Å². The first-order valence-corrected chi connectivity index (χ1v) is 6.80. The van der Waals surface area contributed by atoms with E-state index in [4.69, 9.17) is 0 Å². The van der Waals surface area contributed by atoms with Gasteiger partial charge in [-0.05, 0) is 44.9 Å². The van der Waals surface area contributed by atoms with Crippen molar-refractivity contribution in [3.8, 4) is 0 Å². The van der Waals surface area contributed by atoms with E-state index in [0.717, 1.165) is 38.0 Å². The standard InChI is InChI=1S/C15H20N2O/c1-12-2-4-13(5-3-12)14(18)17-10-7-15(8-11-17)6-9-16-15/h2-5,16H,6-11H2,1H3. The highest BCUT2D eigenvalue weighted by atomic mass is 16.2. The highest BCUT2D eigenvalue weighted by molar-refractivity contribution is 5.94. The lowest BCUT2D eigenvalue weighted by Gasteiger charge is -2.48. The van der Waals surface area contributed by atoms with E-state index in [1.165, 1.54) is 12.0 Å². The summed E-state index contributed by atoms with van der Waals surface area (Å²) in [7, 11) is 0. The Bertz CT molecular complexity index is 438. The molecule has 2 saturated heterocycles. The van der Waals surface area contributed by atoms with Crippen LogP contribution in [0.1, 0.15) is 35.2 Å². The quantitative estimate of drug-likeness (QED) is 0.819. The van der Waals surface area contributed by atoms with Gasteiger partial charge in [-0.3, -0.25) is 4.79 Å². The average molecular weight is 244 g/mol. The molecule has 1 spiro atoms. The van der Waals surface area contributed by atoms with Crippen molar-refractivity contribution >= 4 is 5.91 Å². The second-order valence-electron chi connectivity index (χ2n) is 5.62. The molecule has 96 valence electrons. The first-order chi connectivity index (χ1) is 8.69. The minimum absolute atomic E-state index is 0.184. The summed E-state index contributed by atoms with van der Waals surface area (Å²) >= 11 is 0. The highest BCUT2D eigenvalue weighted by Crippen LogP contribution is 2.31. The Kier molecular flexibility index (Phi) is 2.86. The molecule has 0 bridgehead atoms. The minimum Gasteiger partial charge on any atom is -0.339 e. The fraction of sp³-hybridized carbons (Fsp3) is 0.533. The van der Waals surface area contributed by atoms with Gasteiger partial charge in [-0.2, -0.15) is 0 Å². The monoisotopic (exact) mass is 244 g/mol. The third-order valence-corrected chi connectivity index (χ3v) is 4.41. The summed E-state index contributed by atoms with van der Waals surface area (Å²) in [4.78, 5) is 14.3. The molecule has 0 aliphatic carbocycles. The van der Waals surface area contributed by atoms with E-state index in [1.54, 1.807) is 0 Å². The number of carbonyl (C=O) groups excluding carboxylic acids is 1. The van der Waals surface area contributed by atoms with E-state index >= 15 is 0 Å². The number of hydrogen-bond acceptors (Lipinski definition) is 2. The van der Waals surface area contributed by atoms with Gasteiger partial charge < -0.3 is 10.2 Å². The van der Waals surface area contributed by atoms with Crippen LogP contribution in [0.5, 0.6) is 0 Å². The zero-order valence-corrected chi connectivity index (χ0v) is 10.9. The molecule has 1 amide bonds. The predicted molar refractivity (Wildman–Crippen MR) is 71.7 cm³/mol. The lowest BCUT2D eigenvalue weighted by molar-refractivity contribution is 0.0541. The van der Waals surface area contributed by atoms with Crippen LogP contribution in [0.15, 0.2) is 24.3 Å². The molecule has 3 heteroatoms. The first kappa shape index (κ1) is 11.7. The molecule has 3 rings (SSSR count). The van der Waals surface area contributed by atoms with Crippen molar-refractivity contribution in [1.29, 1.82) is 0 Å². The Hall–Kier alpha value is -1.35. The van der Waals surface area contributed by atoms with Crippen molar-refractivity contribution in [3.05, 3.63) is 35.4 Å². The number of benzene rings is 1. The average Bonchev–Trinajstić information content (AvgIpc) is 2.37. The molecular formula is C15H20N2O. The second kappa shape index (κ2) is 4.39. The zero-order chi connectivity index (χ0) is 12.6. The molecule has 1 aromatic rings. The smallest absolute Gasteiger partial charge is 0.253 e. The molecule has 1 N–H and O–H groups in total. The van der Waals surface area contributed by atoms with E-state index in [-0.39, 0.29) is 5.91 Å². The van der Waals surface area contributed by atoms with Crippen LogP contribution in [-0.2, 0) is 0 Å². The van der Waals surface area contributed by atoms with Crippen LogP contribution >= 0.6 is 0 Å². The van der Waals surface area contributed by atoms with E-state index < -0.39 is 0 Å². The Morgan fingerprint density at radius 1 is 1.17 bits per heavy atom. The van der Waals surface area contributed by atoms with Crippen molar-refractivity contribution < 1.29 is 4.79 Å². The van der Waals surface area contributed by atoms with Crippen LogP contribution in [-0.4, -0.2) is 36.0 Å². The van der Waals surface area contributed by atoms with Crippen molar-refractivity contribution in [1.82, 2.24) is 10.2 Å². The zero-order valence-electron chi connectivity index (χ0n) is 10.9. The lowest BCUT2D eigenvalue weighted by atomic mass is 9.79. The van der Waals surface area contributed by atoms with Crippen LogP contribution < -0.4 is 5.32 Å². The van der Waals surface area contributed by atoms with Gasteiger partial charge in [0, 0.05) is 24.2 Å². The molecule has 1 aromatic carbocycles. The third-order valence-electron chi connectivity index (χ3n) is 4.41. The van der Waals surface area contributed by atoms with Gasteiger partial charge in [0.25, 0.3) is 5.91 Å². The summed E-state index contributed by atoms with van der Waals surface area (Å²) in [5, 5.41) is 3.53. The number of nitrogens with zero attached hydrogens (tertiary/aromatic N) is 1. The van der Waals surface area contributed by atoms with E-state index in [2.05, 4.69) is 5.32 Å². The number of piperidine rings is 1. The number of hydrogen-bond donors (Lipinski definition) is 1. The summed E-state index contributed by atoms with van der Waals surface area (Å²) in [6.45, 7) is 4.96. The maximum atomic E-state index is 12.3. The number of aryl methyl sites for hydroxylation is 1. The van der Waals surface area contributed by atoms with Gasteiger partial charge >= 0.3 is 0 Å². The van der Waals surface area contributed by atoms with Crippen LogP contribution in [0.4, 0.5) is 0 Å². The summed E-state index contributed by atoms with van der Waals surface area (Å²) < 4.78 is 0. The molecule has 2 aliphatic rings. The maximum absolute atomic E-state index is 12.3. The molecule has 18 heavy (non-hydrogen) atoms. The molecule has 3 nitrogen and oxygen atoms in total. The van der Waals surface area contributed by atoms with Gasteiger partial charge in [-0.25, -0.2) is 0 Å². The Balaban J connectivity index is 1.65. The maximum Gasteiger partial charge on any atom is 0.253 e. The summed E-state index contributed by atoms with van der Waals surface area (Å²) in [5.74, 6) is 0.184. The predicted octanol–water partition coefficient (Wildman–Crippen LogP) is 1.96. The molecule has 2 heterocycles. The molecule has 0 atom stereocenters. The van der Waals surface area contributed by atoms with Gasteiger partial charge in [-0.1, -0.05) is 17.7 Å². The number of rotatable bonds is 1. The van der Waals surface area contributed by atoms with Crippen molar-refractivity contribution in [2.24, 2.45) is 0 Å². The van der Waals surface area contributed by atoms with Gasteiger partial charge in [0.1, 0.15) is 0 Å². The van der Waals surface area contributed by atoms with Crippen molar-refractivity contribution in [2.45, 2.75) is 31.7 Å². The van der Waals surface area contributed by atoms with Crippen LogP contribution in [0.2, 0.25) is 0 Å². The summed E-state index contributed by atoms with van der Waals surface area (Å²) in [6, 6.07) is 7.88. The minimum atomic E-state index is 0.184. The fourth-order valence-electron chi connectivity index (χ4n) is 2.92. The SMILES string of the molecule is Cc1ccc(C(=O)N2CCC3(CCN3)CC2)cc1. The van der Waals surface area contributed by atoms with Gasteiger partial charge in [0.15, 0.2) is 0 Å². The summed E-state index contributed by atoms with van der Waals surface area (Å²) in [6.07, 6.45) is 3.48. The van der Waals surface area contributed by atoms with Gasteiger partial charge in [0.05, 0.1) is 0 Å². The van der Waals surface area contributed by atoms with Crippen LogP contribution in [0.25, 0.3) is 0 Å². The van der Waals surface area contributed by atoms with Crippen LogP contribution in [0.3, 0.4) is 0 Å². The van der Waals surface area contributed by atoms with E-state index in [1.807, 2.05) is 36.1 Å². The number of amides is 1. The molecule has 0 saturated carbocycles. The topological polar surface area (TPSA) is 32.3 Å². The van der Waals surface area contributed by atoms with E-state index in [9.17, 15) is 4.79 Å². The second-order valence-corrected chi connectivity index (χ2v) is 5.62. The Morgan fingerprint density at radius 2 is 1.78 bits per heavy atom. The molecule has 0 aromatic heterocycles. The molecule has 0 unspecified atom stereocenters. The lowest BCUT2D eigenvalue weighted by Crippen LogP contribution is -2.62. The first-order valence-electron chi connectivity index (χ1n) is 6.80. The third kappa shape index (κ3) is 2.03. The molecular weight excluding hydrogens is 224 g/mol. The summed E-state index contributed by atoms with van der Waals surface area (Å²) in [5.41, 5.74) is 2.38. The highest BCUT2D eigenvalue weighted by Gasteiger charge is 2.40. The van der Waals surface area contributed by atoms with Crippen molar-refractivity contribution in [2.75, 3.05) is 19.6 Å². The fourth-order valence-corrected chi connectivity index (χ4v) is 2.92. The molecule has 2 fully saturated rings.